The predicted molar refractivity (Wildman–Crippen MR) is 99.8 cm³/mol. The molecule has 1 aromatic heterocycles. The summed E-state index contributed by atoms with van der Waals surface area (Å²) in [5, 5.41) is 0. The van der Waals surface area contributed by atoms with E-state index in [0.29, 0.717) is 0 Å². The van der Waals surface area contributed by atoms with E-state index in [-0.39, 0.29) is 0 Å². The Morgan fingerprint density at radius 3 is 2.67 bits per heavy atom. The Balaban J connectivity index is 1.55. The standard InChI is InChI=1S/C21H26N2O/c1-4-21-22-18-9-5-6-10-19(18)23(21)13-7-8-14-24-20-12-11-16(2)15-17(20)3/h5-6,9-12,15H,4,7-8,13-14H2,1-3H3. The van der Waals surface area contributed by atoms with Crippen LogP contribution >= 0.6 is 0 Å². The van der Waals surface area contributed by atoms with Crippen LogP contribution in [-0.4, -0.2) is 16.2 Å². The molecule has 24 heavy (non-hydrogen) atoms. The number of fused-ring (bicyclic) bond motifs is 1. The summed E-state index contributed by atoms with van der Waals surface area (Å²) < 4.78 is 8.28. The number of unbranched alkanes of at least 4 members (excludes halogenated alkanes) is 1. The second-order valence-electron chi connectivity index (χ2n) is 6.35. The lowest BCUT2D eigenvalue weighted by molar-refractivity contribution is 0.301. The summed E-state index contributed by atoms with van der Waals surface area (Å²) in [7, 11) is 0. The molecular formula is C21H26N2O. The van der Waals surface area contributed by atoms with Crippen LogP contribution in [-0.2, 0) is 13.0 Å². The van der Waals surface area contributed by atoms with Crippen LogP contribution in [0.5, 0.6) is 5.75 Å². The van der Waals surface area contributed by atoms with Gasteiger partial charge in [-0.05, 0) is 50.5 Å². The highest BCUT2D eigenvalue weighted by Crippen LogP contribution is 2.20. The molecule has 2 aromatic carbocycles. The molecule has 0 saturated carbocycles. The molecule has 1 heterocycles. The van der Waals surface area contributed by atoms with Crippen LogP contribution in [0.4, 0.5) is 0 Å². The minimum atomic E-state index is 0.762. The van der Waals surface area contributed by atoms with Gasteiger partial charge in [0, 0.05) is 13.0 Å². The Bertz CT molecular complexity index is 820. The van der Waals surface area contributed by atoms with Crippen molar-refractivity contribution < 1.29 is 4.74 Å². The molecule has 126 valence electrons. The first-order valence-electron chi connectivity index (χ1n) is 8.83. The number of imidazole rings is 1. The molecule has 3 aromatic rings. The Labute approximate surface area is 144 Å². The molecule has 0 aliphatic carbocycles. The largest absolute Gasteiger partial charge is 0.493 e. The van der Waals surface area contributed by atoms with E-state index in [1.807, 2.05) is 0 Å². The van der Waals surface area contributed by atoms with Gasteiger partial charge in [0.1, 0.15) is 11.6 Å². The number of aryl methyl sites for hydroxylation is 4. The van der Waals surface area contributed by atoms with E-state index in [9.17, 15) is 0 Å². The van der Waals surface area contributed by atoms with Gasteiger partial charge >= 0.3 is 0 Å². The smallest absolute Gasteiger partial charge is 0.122 e. The van der Waals surface area contributed by atoms with Gasteiger partial charge in [-0.25, -0.2) is 4.98 Å². The molecule has 0 bridgehead atoms. The van der Waals surface area contributed by atoms with Crippen LogP contribution in [0.1, 0.15) is 36.7 Å². The summed E-state index contributed by atoms with van der Waals surface area (Å²) in [6.45, 7) is 8.14. The zero-order valence-electron chi connectivity index (χ0n) is 14.9. The van der Waals surface area contributed by atoms with E-state index in [4.69, 9.17) is 9.72 Å². The first-order valence-corrected chi connectivity index (χ1v) is 8.83. The van der Waals surface area contributed by atoms with Crippen molar-refractivity contribution in [1.82, 2.24) is 9.55 Å². The third kappa shape index (κ3) is 3.61. The second kappa shape index (κ2) is 7.52. The molecule has 3 nitrogen and oxygen atoms in total. The average Bonchev–Trinajstić information content (AvgIpc) is 2.94. The maximum Gasteiger partial charge on any atom is 0.122 e. The molecule has 0 radical (unpaired) electrons. The Morgan fingerprint density at radius 1 is 1.04 bits per heavy atom. The van der Waals surface area contributed by atoms with Gasteiger partial charge in [0.15, 0.2) is 0 Å². The number of aromatic nitrogens is 2. The van der Waals surface area contributed by atoms with Crippen molar-refractivity contribution in [2.45, 2.75) is 46.6 Å². The molecular weight excluding hydrogens is 296 g/mol. The Kier molecular flexibility index (Phi) is 5.19. The number of para-hydroxylation sites is 2. The van der Waals surface area contributed by atoms with E-state index in [1.165, 1.54) is 22.5 Å². The third-order valence-corrected chi connectivity index (χ3v) is 4.41. The number of benzene rings is 2. The summed E-state index contributed by atoms with van der Waals surface area (Å²) >= 11 is 0. The van der Waals surface area contributed by atoms with Crippen molar-refractivity contribution in [2.75, 3.05) is 6.61 Å². The highest BCUT2D eigenvalue weighted by atomic mass is 16.5. The highest BCUT2D eigenvalue weighted by Gasteiger charge is 2.08. The zero-order valence-corrected chi connectivity index (χ0v) is 14.9. The molecule has 0 fully saturated rings. The lowest BCUT2D eigenvalue weighted by atomic mass is 10.1. The maximum absolute atomic E-state index is 5.93. The first-order chi connectivity index (χ1) is 11.7. The van der Waals surface area contributed by atoms with Crippen LogP contribution < -0.4 is 4.74 Å². The van der Waals surface area contributed by atoms with Crippen LogP contribution in [0, 0.1) is 13.8 Å². The van der Waals surface area contributed by atoms with Crippen molar-refractivity contribution in [3.63, 3.8) is 0 Å². The van der Waals surface area contributed by atoms with Gasteiger partial charge in [-0.1, -0.05) is 36.8 Å². The Hall–Kier alpha value is -2.29. The molecule has 0 aliphatic heterocycles. The maximum atomic E-state index is 5.93. The van der Waals surface area contributed by atoms with Crippen LogP contribution in [0.25, 0.3) is 11.0 Å². The van der Waals surface area contributed by atoms with Crippen LogP contribution in [0.3, 0.4) is 0 Å². The van der Waals surface area contributed by atoms with E-state index in [1.54, 1.807) is 0 Å². The molecule has 0 amide bonds. The monoisotopic (exact) mass is 322 g/mol. The fourth-order valence-electron chi connectivity index (χ4n) is 3.16. The molecule has 0 unspecified atom stereocenters. The molecule has 0 atom stereocenters. The number of nitrogens with zero attached hydrogens (tertiary/aromatic N) is 2. The highest BCUT2D eigenvalue weighted by molar-refractivity contribution is 5.75. The number of ether oxygens (including phenoxy) is 1. The molecule has 0 saturated heterocycles. The second-order valence-corrected chi connectivity index (χ2v) is 6.35. The first kappa shape index (κ1) is 16.6. The lowest BCUT2D eigenvalue weighted by Crippen LogP contribution is -2.05. The number of hydrogen-bond acceptors (Lipinski definition) is 2. The molecule has 0 spiro atoms. The minimum Gasteiger partial charge on any atom is -0.493 e. The van der Waals surface area contributed by atoms with Gasteiger partial charge in [0.25, 0.3) is 0 Å². The Morgan fingerprint density at radius 2 is 1.88 bits per heavy atom. The van der Waals surface area contributed by atoms with E-state index in [2.05, 4.69) is 67.8 Å². The lowest BCUT2D eigenvalue weighted by Gasteiger charge is -2.11. The van der Waals surface area contributed by atoms with Crippen molar-refractivity contribution in [3.8, 4) is 5.75 Å². The predicted octanol–water partition coefficient (Wildman–Crippen LogP) is 5.07. The fourth-order valence-corrected chi connectivity index (χ4v) is 3.16. The third-order valence-electron chi connectivity index (χ3n) is 4.41. The molecule has 3 rings (SSSR count). The SMILES string of the molecule is CCc1nc2ccccc2n1CCCCOc1ccc(C)cc1C. The summed E-state index contributed by atoms with van der Waals surface area (Å²) in [4.78, 5) is 4.73. The summed E-state index contributed by atoms with van der Waals surface area (Å²) in [5.74, 6) is 2.18. The van der Waals surface area contributed by atoms with E-state index >= 15 is 0 Å². The van der Waals surface area contributed by atoms with Crippen molar-refractivity contribution >= 4 is 11.0 Å². The quantitative estimate of drug-likeness (QED) is 0.568. The van der Waals surface area contributed by atoms with Gasteiger partial charge in [0.2, 0.25) is 0 Å². The van der Waals surface area contributed by atoms with E-state index < -0.39 is 0 Å². The van der Waals surface area contributed by atoms with Gasteiger partial charge in [-0.15, -0.1) is 0 Å². The normalized spacial score (nSPS) is 11.1. The van der Waals surface area contributed by atoms with Crippen molar-refractivity contribution in [2.24, 2.45) is 0 Å². The molecule has 0 N–H and O–H groups in total. The summed E-state index contributed by atoms with van der Waals surface area (Å²) in [5.41, 5.74) is 4.83. The van der Waals surface area contributed by atoms with E-state index in [0.717, 1.165) is 43.7 Å². The number of rotatable bonds is 7. The minimum absolute atomic E-state index is 0.762. The van der Waals surface area contributed by atoms with Crippen molar-refractivity contribution in [3.05, 3.63) is 59.4 Å². The summed E-state index contributed by atoms with van der Waals surface area (Å²) in [6, 6.07) is 14.7. The van der Waals surface area contributed by atoms with Crippen LogP contribution in [0.2, 0.25) is 0 Å². The van der Waals surface area contributed by atoms with Gasteiger partial charge in [0.05, 0.1) is 17.6 Å². The zero-order chi connectivity index (χ0) is 16.9. The molecule has 0 aliphatic rings. The van der Waals surface area contributed by atoms with Gasteiger partial charge in [-0.3, -0.25) is 0 Å². The van der Waals surface area contributed by atoms with Crippen molar-refractivity contribution in [1.29, 1.82) is 0 Å². The molecule has 3 heteroatoms. The topological polar surface area (TPSA) is 27.1 Å². The fraction of sp³-hybridized carbons (Fsp3) is 0.381. The number of hydrogen-bond donors (Lipinski definition) is 0. The van der Waals surface area contributed by atoms with Gasteiger partial charge in [-0.2, -0.15) is 0 Å². The summed E-state index contributed by atoms with van der Waals surface area (Å²) in [6.07, 6.45) is 3.11. The average molecular weight is 322 g/mol. The van der Waals surface area contributed by atoms with Gasteiger partial charge < -0.3 is 9.30 Å². The van der Waals surface area contributed by atoms with Crippen LogP contribution in [0.15, 0.2) is 42.5 Å².